The minimum absolute atomic E-state index is 0.0414. The van der Waals surface area contributed by atoms with Crippen molar-refractivity contribution in [1.82, 2.24) is 9.88 Å². The van der Waals surface area contributed by atoms with Gasteiger partial charge in [0.05, 0.1) is 6.10 Å². The molecule has 2 aromatic rings. The highest BCUT2D eigenvalue weighted by atomic mass is 35.5. The van der Waals surface area contributed by atoms with Gasteiger partial charge in [0.2, 0.25) is 0 Å². The molecule has 1 saturated heterocycles. The van der Waals surface area contributed by atoms with E-state index in [9.17, 15) is 10.1 Å². The van der Waals surface area contributed by atoms with E-state index in [2.05, 4.69) is 9.88 Å². The van der Waals surface area contributed by atoms with Crippen molar-refractivity contribution >= 4 is 23.6 Å². The number of hydrogen-bond acceptors (Lipinski definition) is 3. The van der Waals surface area contributed by atoms with Gasteiger partial charge in [-0.2, -0.15) is 5.26 Å². The molecule has 1 aliphatic heterocycles. The standard InChI is InChI=1S/C22H24ClN3O2/c1-14-10-17(16(3)26(14)21-8-4-7-20(23)15(21)2)11-18(12-24)22(27)25-13-19-6-5-9-28-19/h4,7-8,10-11,19H,5-6,9,13H2,1-3H3,(H,25,27)/b18-11-. The average Bonchev–Trinajstić information content (AvgIpc) is 3.28. The summed E-state index contributed by atoms with van der Waals surface area (Å²) >= 11 is 6.28. The van der Waals surface area contributed by atoms with Crippen LogP contribution in [-0.4, -0.2) is 29.7 Å². The van der Waals surface area contributed by atoms with Gasteiger partial charge >= 0.3 is 0 Å². The van der Waals surface area contributed by atoms with Crippen LogP contribution in [0, 0.1) is 32.1 Å². The Balaban J connectivity index is 1.87. The molecule has 1 aromatic carbocycles. The highest BCUT2D eigenvalue weighted by molar-refractivity contribution is 6.31. The summed E-state index contributed by atoms with van der Waals surface area (Å²) in [4.78, 5) is 12.4. The van der Waals surface area contributed by atoms with Crippen molar-refractivity contribution < 1.29 is 9.53 Å². The molecule has 1 unspecified atom stereocenters. The monoisotopic (exact) mass is 397 g/mol. The first-order chi connectivity index (χ1) is 13.4. The Kier molecular flexibility index (Phi) is 6.23. The number of nitriles is 1. The van der Waals surface area contributed by atoms with Gasteiger partial charge in [-0.25, -0.2) is 0 Å². The first-order valence-corrected chi connectivity index (χ1v) is 9.76. The third-order valence-electron chi connectivity index (χ3n) is 5.13. The number of aryl methyl sites for hydroxylation is 1. The van der Waals surface area contributed by atoms with E-state index in [1.54, 1.807) is 6.08 Å². The van der Waals surface area contributed by atoms with Crippen LogP contribution in [0.3, 0.4) is 0 Å². The van der Waals surface area contributed by atoms with E-state index >= 15 is 0 Å². The van der Waals surface area contributed by atoms with Crippen LogP contribution in [-0.2, 0) is 9.53 Å². The Morgan fingerprint density at radius 2 is 2.21 bits per heavy atom. The van der Waals surface area contributed by atoms with Crippen LogP contribution in [0.15, 0.2) is 29.8 Å². The predicted octanol–water partition coefficient (Wildman–Crippen LogP) is 4.26. The summed E-state index contributed by atoms with van der Waals surface area (Å²) in [5.74, 6) is -0.373. The molecule has 1 aromatic heterocycles. The summed E-state index contributed by atoms with van der Waals surface area (Å²) in [5, 5.41) is 13.0. The maximum Gasteiger partial charge on any atom is 0.262 e. The van der Waals surface area contributed by atoms with Gasteiger partial charge in [0, 0.05) is 35.2 Å². The second-order valence-corrected chi connectivity index (χ2v) is 7.47. The first kappa shape index (κ1) is 20.2. The van der Waals surface area contributed by atoms with Gasteiger partial charge in [-0.05, 0) is 69.0 Å². The molecule has 1 amide bonds. The van der Waals surface area contributed by atoms with Gasteiger partial charge in [-0.3, -0.25) is 4.79 Å². The Morgan fingerprint density at radius 1 is 1.43 bits per heavy atom. The Morgan fingerprint density at radius 3 is 2.89 bits per heavy atom. The lowest BCUT2D eigenvalue weighted by Gasteiger charge is -2.13. The fourth-order valence-corrected chi connectivity index (χ4v) is 3.72. The topological polar surface area (TPSA) is 67.0 Å². The molecule has 0 bridgehead atoms. The van der Waals surface area contributed by atoms with Crippen molar-refractivity contribution in [2.45, 2.75) is 39.7 Å². The maximum atomic E-state index is 12.4. The molecule has 0 radical (unpaired) electrons. The molecule has 1 fully saturated rings. The molecule has 28 heavy (non-hydrogen) atoms. The van der Waals surface area contributed by atoms with Gasteiger partial charge in [0.1, 0.15) is 11.6 Å². The highest BCUT2D eigenvalue weighted by Gasteiger charge is 2.19. The zero-order valence-corrected chi connectivity index (χ0v) is 17.1. The zero-order valence-electron chi connectivity index (χ0n) is 16.4. The van der Waals surface area contributed by atoms with E-state index in [-0.39, 0.29) is 17.6 Å². The SMILES string of the molecule is Cc1c(Cl)cccc1-n1c(C)cc(/C=C(/C#N)C(=O)NCC2CCCO2)c1C. The predicted molar refractivity (Wildman–Crippen MR) is 111 cm³/mol. The Hall–Kier alpha value is -2.55. The van der Waals surface area contributed by atoms with Gasteiger partial charge in [-0.1, -0.05) is 17.7 Å². The summed E-state index contributed by atoms with van der Waals surface area (Å²) in [5.41, 5.74) is 4.84. The lowest BCUT2D eigenvalue weighted by atomic mass is 10.1. The number of aromatic nitrogens is 1. The number of nitrogens with zero attached hydrogens (tertiary/aromatic N) is 2. The van der Waals surface area contributed by atoms with Gasteiger partial charge in [0.15, 0.2) is 0 Å². The maximum absolute atomic E-state index is 12.4. The summed E-state index contributed by atoms with van der Waals surface area (Å²) in [6, 6.07) is 9.78. The van der Waals surface area contributed by atoms with Gasteiger partial charge in [0.25, 0.3) is 5.91 Å². The van der Waals surface area contributed by atoms with Crippen molar-refractivity contribution in [2.75, 3.05) is 13.2 Å². The summed E-state index contributed by atoms with van der Waals surface area (Å²) in [6.07, 6.45) is 3.63. The third kappa shape index (κ3) is 4.14. The number of rotatable bonds is 5. The molecule has 5 nitrogen and oxygen atoms in total. The number of carbonyl (C=O) groups is 1. The minimum atomic E-state index is -0.373. The molecule has 0 aliphatic carbocycles. The molecule has 0 saturated carbocycles. The van der Waals surface area contributed by atoms with E-state index in [1.165, 1.54) is 0 Å². The number of hydrogen-bond donors (Lipinski definition) is 1. The van der Waals surface area contributed by atoms with Crippen LogP contribution in [0.2, 0.25) is 5.02 Å². The fraction of sp³-hybridized carbons (Fsp3) is 0.364. The second kappa shape index (κ2) is 8.64. The lowest BCUT2D eigenvalue weighted by molar-refractivity contribution is -0.117. The number of carbonyl (C=O) groups excluding carboxylic acids is 1. The summed E-state index contributed by atoms with van der Waals surface area (Å²) in [7, 11) is 0. The number of ether oxygens (including phenoxy) is 1. The van der Waals surface area contributed by atoms with E-state index in [1.807, 2.05) is 51.1 Å². The average molecular weight is 398 g/mol. The molecular weight excluding hydrogens is 374 g/mol. The van der Waals surface area contributed by atoms with Crippen molar-refractivity contribution in [3.8, 4) is 11.8 Å². The first-order valence-electron chi connectivity index (χ1n) is 9.38. The van der Waals surface area contributed by atoms with E-state index in [4.69, 9.17) is 16.3 Å². The lowest BCUT2D eigenvalue weighted by Crippen LogP contribution is -2.32. The second-order valence-electron chi connectivity index (χ2n) is 7.06. The van der Waals surface area contributed by atoms with Crippen molar-refractivity contribution in [3.63, 3.8) is 0 Å². The van der Waals surface area contributed by atoms with Crippen LogP contribution in [0.25, 0.3) is 11.8 Å². The van der Waals surface area contributed by atoms with Crippen molar-refractivity contribution in [2.24, 2.45) is 0 Å². The Bertz CT molecular complexity index is 963. The third-order valence-corrected chi connectivity index (χ3v) is 5.54. The molecule has 0 spiro atoms. The molecule has 1 aliphatic rings. The molecule has 1 atom stereocenters. The summed E-state index contributed by atoms with van der Waals surface area (Å²) < 4.78 is 7.60. The normalized spacial score (nSPS) is 16.8. The number of amides is 1. The fourth-order valence-electron chi connectivity index (χ4n) is 3.55. The van der Waals surface area contributed by atoms with Crippen LogP contribution in [0.1, 0.15) is 35.4 Å². The number of nitrogens with one attached hydrogen (secondary N) is 1. The number of halogens is 1. The molecule has 3 rings (SSSR count). The molecular formula is C22H24ClN3O2. The van der Waals surface area contributed by atoms with Crippen LogP contribution < -0.4 is 5.32 Å². The van der Waals surface area contributed by atoms with Crippen LogP contribution >= 0.6 is 11.6 Å². The van der Waals surface area contributed by atoms with Crippen molar-refractivity contribution in [3.05, 3.63) is 57.4 Å². The largest absolute Gasteiger partial charge is 0.376 e. The highest BCUT2D eigenvalue weighted by Crippen LogP contribution is 2.28. The summed E-state index contributed by atoms with van der Waals surface area (Å²) in [6.45, 7) is 7.10. The zero-order chi connectivity index (χ0) is 20.3. The molecule has 146 valence electrons. The van der Waals surface area contributed by atoms with Gasteiger partial charge < -0.3 is 14.6 Å². The van der Waals surface area contributed by atoms with Crippen LogP contribution in [0.5, 0.6) is 0 Å². The molecule has 2 heterocycles. The number of benzene rings is 1. The van der Waals surface area contributed by atoms with E-state index < -0.39 is 0 Å². The Labute approximate surface area is 170 Å². The van der Waals surface area contributed by atoms with Gasteiger partial charge in [-0.15, -0.1) is 0 Å². The van der Waals surface area contributed by atoms with E-state index in [0.29, 0.717) is 11.6 Å². The smallest absolute Gasteiger partial charge is 0.262 e. The van der Waals surface area contributed by atoms with Crippen molar-refractivity contribution in [1.29, 1.82) is 5.26 Å². The molecule has 1 N–H and O–H groups in total. The van der Waals surface area contributed by atoms with E-state index in [0.717, 1.165) is 47.7 Å². The minimum Gasteiger partial charge on any atom is -0.376 e. The van der Waals surface area contributed by atoms with Crippen LogP contribution in [0.4, 0.5) is 0 Å². The molecule has 6 heteroatoms. The quantitative estimate of drug-likeness (QED) is 0.605.